The van der Waals surface area contributed by atoms with Crippen molar-refractivity contribution in [3.8, 4) is 0 Å². The Morgan fingerprint density at radius 2 is 1.52 bits per heavy atom. The van der Waals surface area contributed by atoms with Gasteiger partial charge in [0, 0.05) is 25.4 Å². The summed E-state index contributed by atoms with van der Waals surface area (Å²) in [4.78, 5) is 4.40. The van der Waals surface area contributed by atoms with E-state index < -0.39 is 7.25 Å². The molecule has 2 nitrogen and oxygen atoms in total. The molecule has 7 heteroatoms. The maximum atomic E-state index is 9.75. The van der Waals surface area contributed by atoms with E-state index >= 15 is 0 Å². The monoisotopic (exact) mass is 309 g/mol. The largest absolute Gasteiger partial charge is 0.673 e. The molecule has 0 N–H and O–H groups in total. The second-order valence-corrected chi connectivity index (χ2v) is 5.05. The van der Waals surface area contributed by atoms with Gasteiger partial charge >= 0.3 is 7.25 Å². The average molecular weight is 309 g/mol. The van der Waals surface area contributed by atoms with Crippen LogP contribution >= 0.6 is 0 Å². The molecular formula is C14H26BF4N2-. The maximum absolute atomic E-state index is 9.75. The number of rotatable bonds is 9. The van der Waals surface area contributed by atoms with E-state index in [-0.39, 0.29) is 0 Å². The van der Waals surface area contributed by atoms with Gasteiger partial charge in [-0.2, -0.15) is 0 Å². The first-order valence-electron chi connectivity index (χ1n) is 7.75. The summed E-state index contributed by atoms with van der Waals surface area (Å²) in [5, 5.41) is 0. The van der Waals surface area contributed by atoms with E-state index in [2.05, 4.69) is 29.6 Å². The van der Waals surface area contributed by atoms with Crippen LogP contribution in [0.1, 0.15) is 64.6 Å². The number of aryl methyl sites for hydroxylation is 2. The number of hydrogen-bond acceptors (Lipinski definition) is 1. The van der Waals surface area contributed by atoms with Crippen LogP contribution in [0.5, 0.6) is 0 Å². The molecule has 21 heavy (non-hydrogen) atoms. The summed E-state index contributed by atoms with van der Waals surface area (Å²) in [5.41, 5.74) is 0. The van der Waals surface area contributed by atoms with Gasteiger partial charge in [-0.1, -0.05) is 46.0 Å². The van der Waals surface area contributed by atoms with Crippen LogP contribution in [0.25, 0.3) is 0 Å². The Morgan fingerprint density at radius 3 is 2.10 bits per heavy atom. The Labute approximate surface area is 125 Å². The summed E-state index contributed by atoms with van der Waals surface area (Å²) >= 11 is 0. The zero-order valence-corrected chi connectivity index (χ0v) is 13.0. The third kappa shape index (κ3) is 13.7. The van der Waals surface area contributed by atoms with Crippen molar-refractivity contribution in [1.29, 1.82) is 0 Å². The highest BCUT2D eigenvalue weighted by Gasteiger charge is 2.20. The minimum Gasteiger partial charge on any atom is -0.418 e. The highest BCUT2D eigenvalue weighted by atomic mass is 19.5. The maximum Gasteiger partial charge on any atom is 0.673 e. The molecule has 0 saturated carbocycles. The van der Waals surface area contributed by atoms with Crippen LogP contribution in [-0.2, 0) is 13.0 Å². The molecule has 0 atom stereocenters. The third-order valence-corrected chi connectivity index (χ3v) is 3.03. The van der Waals surface area contributed by atoms with Crippen molar-refractivity contribution in [3.05, 3.63) is 18.2 Å². The van der Waals surface area contributed by atoms with Gasteiger partial charge in [0.25, 0.3) is 0 Å². The summed E-state index contributed by atoms with van der Waals surface area (Å²) in [5.74, 6) is 1.26. The van der Waals surface area contributed by atoms with E-state index in [1.165, 1.54) is 50.8 Å². The van der Waals surface area contributed by atoms with Crippen molar-refractivity contribution in [1.82, 2.24) is 9.55 Å². The summed E-state index contributed by atoms with van der Waals surface area (Å²) < 4.78 is 41.3. The standard InChI is InChI=1S/C14H26N2.BF4/c1-3-5-6-7-8-9-12-16-13-11-15-14(16)10-4-2;2-1(3,4)5/h11,13H,3-10,12H2,1-2H3;/q;-1. The molecule has 1 rings (SSSR count). The van der Waals surface area contributed by atoms with Crippen molar-refractivity contribution < 1.29 is 17.3 Å². The molecule has 124 valence electrons. The lowest BCUT2D eigenvalue weighted by Crippen LogP contribution is -2.02. The van der Waals surface area contributed by atoms with Gasteiger partial charge in [0.1, 0.15) is 5.82 Å². The molecule has 0 saturated heterocycles. The minimum atomic E-state index is -6.00. The summed E-state index contributed by atoms with van der Waals surface area (Å²) in [6.45, 7) is 5.63. The van der Waals surface area contributed by atoms with Gasteiger partial charge in [-0.25, -0.2) is 4.98 Å². The van der Waals surface area contributed by atoms with Crippen molar-refractivity contribution in [2.75, 3.05) is 0 Å². The summed E-state index contributed by atoms with van der Waals surface area (Å²) in [6.07, 6.45) is 14.6. The van der Waals surface area contributed by atoms with E-state index in [4.69, 9.17) is 0 Å². The van der Waals surface area contributed by atoms with Crippen LogP contribution in [-0.4, -0.2) is 16.8 Å². The van der Waals surface area contributed by atoms with E-state index in [0.29, 0.717) is 0 Å². The van der Waals surface area contributed by atoms with Crippen LogP contribution < -0.4 is 0 Å². The molecule has 1 aromatic heterocycles. The normalized spacial score (nSPS) is 11.1. The zero-order valence-electron chi connectivity index (χ0n) is 13.0. The smallest absolute Gasteiger partial charge is 0.418 e. The molecule has 0 bridgehead atoms. The lowest BCUT2D eigenvalue weighted by Gasteiger charge is -2.06. The van der Waals surface area contributed by atoms with Crippen molar-refractivity contribution in [3.63, 3.8) is 0 Å². The second kappa shape index (κ2) is 11.6. The topological polar surface area (TPSA) is 17.8 Å². The molecule has 0 aliphatic heterocycles. The van der Waals surface area contributed by atoms with Crippen molar-refractivity contribution in [2.24, 2.45) is 0 Å². The molecule has 0 radical (unpaired) electrons. The summed E-state index contributed by atoms with van der Waals surface area (Å²) in [6, 6.07) is 0. The molecular weight excluding hydrogens is 283 g/mol. The van der Waals surface area contributed by atoms with Gasteiger partial charge in [-0.05, 0) is 12.8 Å². The molecule has 1 aromatic rings. The Balaban J connectivity index is 0.000000690. The fraction of sp³-hybridized carbons (Fsp3) is 0.786. The van der Waals surface area contributed by atoms with Gasteiger partial charge < -0.3 is 21.8 Å². The highest BCUT2D eigenvalue weighted by molar-refractivity contribution is 6.50. The predicted octanol–water partition coefficient (Wildman–Crippen LogP) is 5.50. The van der Waals surface area contributed by atoms with E-state index in [1.54, 1.807) is 0 Å². The van der Waals surface area contributed by atoms with Gasteiger partial charge in [0.05, 0.1) is 0 Å². The Kier molecular flexibility index (Phi) is 11.1. The van der Waals surface area contributed by atoms with Crippen LogP contribution in [0.15, 0.2) is 12.4 Å². The first kappa shape index (κ1) is 20.0. The second-order valence-electron chi connectivity index (χ2n) is 5.05. The highest BCUT2D eigenvalue weighted by Crippen LogP contribution is 2.08. The number of aromatic nitrogens is 2. The number of halogens is 4. The molecule has 0 fully saturated rings. The summed E-state index contributed by atoms with van der Waals surface area (Å²) in [7, 11) is -6.00. The van der Waals surface area contributed by atoms with Crippen LogP contribution in [0, 0.1) is 0 Å². The molecule has 0 spiro atoms. The van der Waals surface area contributed by atoms with Gasteiger partial charge in [-0.3, -0.25) is 0 Å². The zero-order chi connectivity index (χ0) is 16.1. The van der Waals surface area contributed by atoms with E-state index in [1.807, 2.05) is 6.20 Å². The fourth-order valence-electron chi connectivity index (χ4n) is 2.06. The van der Waals surface area contributed by atoms with E-state index in [9.17, 15) is 17.3 Å². The van der Waals surface area contributed by atoms with Gasteiger partial charge in [0.15, 0.2) is 0 Å². The number of hydrogen-bond donors (Lipinski definition) is 0. The fourth-order valence-corrected chi connectivity index (χ4v) is 2.06. The van der Waals surface area contributed by atoms with Crippen LogP contribution in [0.3, 0.4) is 0 Å². The van der Waals surface area contributed by atoms with Gasteiger partial charge in [0.2, 0.25) is 0 Å². The molecule has 1 heterocycles. The number of unbranched alkanes of at least 4 members (excludes halogenated alkanes) is 5. The minimum absolute atomic E-state index is 1.11. The molecule has 0 aliphatic carbocycles. The molecule has 0 aromatic carbocycles. The predicted molar refractivity (Wildman–Crippen MR) is 79.8 cm³/mol. The average Bonchev–Trinajstić information content (AvgIpc) is 2.80. The lowest BCUT2D eigenvalue weighted by molar-refractivity contribution is 0.368. The molecule has 0 unspecified atom stereocenters. The first-order chi connectivity index (χ1) is 9.88. The Hall–Kier alpha value is -1.01. The molecule has 0 aliphatic rings. The number of nitrogens with zero attached hydrogens (tertiary/aromatic N) is 2. The molecule has 0 amide bonds. The quantitative estimate of drug-likeness (QED) is 0.335. The van der Waals surface area contributed by atoms with Crippen LogP contribution in [0.4, 0.5) is 17.3 Å². The van der Waals surface area contributed by atoms with Crippen molar-refractivity contribution in [2.45, 2.75) is 71.8 Å². The number of imidazole rings is 1. The first-order valence-corrected chi connectivity index (χ1v) is 7.75. The van der Waals surface area contributed by atoms with E-state index in [0.717, 1.165) is 13.0 Å². The third-order valence-electron chi connectivity index (χ3n) is 3.03. The van der Waals surface area contributed by atoms with Crippen molar-refractivity contribution >= 4 is 7.25 Å². The Morgan fingerprint density at radius 1 is 0.952 bits per heavy atom. The SMILES string of the molecule is CCCCCCCCn1ccnc1CCC.F[B-](F)(F)F. The van der Waals surface area contributed by atoms with Gasteiger partial charge in [-0.15, -0.1) is 0 Å². The lowest BCUT2D eigenvalue weighted by atomic mass is 10.1. The Bertz CT molecular complexity index is 347. The van der Waals surface area contributed by atoms with Crippen LogP contribution in [0.2, 0.25) is 0 Å².